The van der Waals surface area contributed by atoms with Gasteiger partial charge in [0.15, 0.2) is 9.84 Å². The quantitative estimate of drug-likeness (QED) is 0.290. The maximum atomic E-state index is 12.9. The summed E-state index contributed by atoms with van der Waals surface area (Å²) in [5.74, 6) is 0.654. The molecule has 5 rings (SSSR count). The van der Waals surface area contributed by atoms with E-state index < -0.39 is 16.2 Å². The fraction of sp³-hybridized carbons (Fsp3) is 0.286. The SMILES string of the molecule is CCS(=O)(=O)c1ccc(CNC(=O)c2ccc3c(c2)nc(C2CC2)n3Cc2ccc(OC(F)(F)F)cc2)cc1. The molecule has 1 N–H and O–H groups in total. The number of hydrogen-bond acceptors (Lipinski definition) is 5. The van der Waals surface area contributed by atoms with Crippen LogP contribution in [0.5, 0.6) is 5.75 Å². The van der Waals surface area contributed by atoms with E-state index in [-0.39, 0.29) is 28.8 Å². The van der Waals surface area contributed by atoms with E-state index in [4.69, 9.17) is 4.98 Å². The van der Waals surface area contributed by atoms with Crippen LogP contribution in [0.1, 0.15) is 53.0 Å². The Hall–Kier alpha value is -3.86. The Balaban J connectivity index is 1.31. The number of carbonyl (C=O) groups is 1. The third kappa shape index (κ3) is 6.25. The first-order chi connectivity index (χ1) is 18.5. The first kappa shape index (κ1) is 26.7. The molecule has 1 aliphatic carbocycles. The molecule has 1 amide bonds. The Morgan fingerprint density at radius 1 is 1.03 bits per heavy atom. The van der Waals surface area contributed by atoms with E-state index in [1.807, 2.05) is 10.6 Å². The third-order valence-corrected chi connectivity index (χ3v) is 8.35. The number of hydrogen-bond donors (Lipinski definition) is 1. The van der Waals surface area contributed by atoms with Crippen molar-refractivity contribution in [1.29, 1.82) is 0 Å². The Morgan fingerprint density at radius 2 is 1.69 bits per heavy atom. The van der Waals surface area contributed by atoms with Gasteiger partial charge in [-0.15, -0.1) is 13.2 Å². The summed E-state index contributed by atoms with van der Waals surface area (Å²) in [4.78, 5) is 17.9. The van der Waals surface area contributed by atoms with E-state index in [0.29, 0.717) is 23.5 Å². The van der Waals surface area contributed by atoms with E-state index in [1.54, 1.807) is 43.3 Å². The van der Waals surface area contributed by atoms with Crippen molar-refractivity contribution in [2.75, 3.05) is 5.75 Å². The zero-order valence-corrected chi connectivity index (χ0v) is 21.8. The number of rotatable bonds is 9. The summed E-state index contributed by atoms with van der Waals surface area (Å²) in [5, 5.41) is 2.85. The molecule has 0 saturated heterocycles. The van der Waals surface area contributed by atoms with Gasteiger partial charge in [-0.05, 0) is 66.4 Å². The Kier molecular flexibility index (Phi) is 7.11. The largest absolute Gasteiger partial charge is 0.573 e. The van der Waals surface area contributed by atoms with Crippen LogP contribution in [0.15, 0.2) is 71.6 Å². The van der Waals surface area contributed by atoms with Crippen LogP contribution in [-0.2, 0) is 22.9 Å². The summed E-state index contributed by atoms with van der Waals surface area (Å²) in [5.41, 5.74) is 3.50. The number of nitrogens with zero attached hydrogens (tertiary/aromatic N) is 2. The highest BCUT2D eigenvalue weighted by atomic mass is 32.2. The minimum absolute atomic E-state index is 0.0208. The average molecular weight is 558 g/mol. The zero-order valence-electron chi connectivity index (χ0n) is 21.0. The Morgan fingerprint density at radius 3 is 2.31 bits per heavy atom. The molecular formula is C28H26F3N3O4S. The van der Waals surface area contributed by atoms with Gasteiger partial charge in [0.1, 0.15) is 11.6 Å². The maximum absolute atomic E-state index is 12.9. The molecule has 1 heterocycles. The van der Waals surface area contributed by atoms with Gasteiger partial charge < -0.3 is 14.6 Å². The van der Waals surface area contributed by atoms with Crippen LogP contribution in [0.3, 0.4) is 0 Å². The summed E-state index contributed by atoms with van der Waals surface area (Å²) in [6.07, 6.45) is -2.73. The highest BCUT2D eigenvalue weighted by Gasteiger charge is 2.31. The van der Waals surface area contributed by atoms with Crippen LogP contribution in [0.25, 0.3) is 11.0 Å². The van der Waals surface area contributed by atoms with Crippen molar-refractivity contribution in [1.82, 2.24) is 14.9 Å². The number of amides is 1. The van der Waals surface area contributed by atoms with Gasteiger partial charge in [0.25, 0.3) is 5.91 Å². The molecular weight excluding hydrogens is 531 g/mol. The maximum Gasteiger partial charge on any atom is 0.573 e. The molecule has 0 unspecified atom stereocenters. The summed E-state index contributed by atoms with van der Waals surface area (Å²) >= 11 is 0. The number of aromatic nitrogens is 2. The second kappa shape index (κ2) is 10.4. The zero-order chi connectivity index (χ0) is 27.8. The monoisotopic (exact) mass is 557 g/mol. The van der Waals surface area contributed by atoms with Gasteiger partial charge in [-0.3, -0.25) is 4.79 Å². The van der Waals surface area contributed by atoms with Crippen LogP contribution in [0.2, 0.25) is 0 Å². The molecule has 1 fully saturated rings. The van der Waals surface area contributed by atoms with Crippen molar-refractivity contribution in [2.45, 2.75) is 50.0 Å². The number of benzene rings is 3. The van der Waals surface area contributed by atoms with Crippen molar-refractivity contribution in [3.05, 3.63) is 89.2 Å². The minimum Gasteiger partial charge on any atom is -0.406 e. The molecule has 3 aromatic carbocycles. The third-order valence-electron chi connectivity index (χ3n) is 6.60. The van der Waals surface area contributed by atoms with Gasteiger partial charge in [0.2, 0.25) is 0 Å². The highest BCUT2D eigenvalue weighted by molar-refractivity contribution is 7.91. The van der Waals surface area contributed by atoms with Gasteiger partial charge in [-0.1, -0.05) is 31.2 Å². The first-order valence-electron chi connectivity index (χ1n) is 12.5. The molecule has 0 atom stereocenters. The van der Waals surface area contributed by atoms with Crippen molar-refractivity contribution in [3.8, 4) is 5.75 Å². The summed E-state index contributed by atoms with van der Waals surface area (Å²) in [6, 6.07) is 17.5. The van der Waals surface area contributed by atoms with Crippen LogP contribution in [-0.4, -0.2) is 36.0 Å². The molecule has 204 valence electrons. The van der Waals surface area contributed by atoms with Crippen molar-refractivity contribution >= 4 is 26.8 Å². The molecule has 39 heavy (non-hydrogen) atoms. The number of fused-ring (bicyclic) bond motifs is 1. The number of sulfone groups is 1. The van der Waals surface area contributed by atoms with E-state index in [2.05, 4.69) is 10.1 Å². The normalized spacial score (nSPS) is 13.9. The first-order valence-corrected chi connectivity index (χ1v) is 14.1. The molecule has 0 radical (unpaired) electrons. The number of halogens is 3. The minimum atomic E-state index is -4.74. The van der Waals surface area contributed by atoms with Gasteiger partial charge in [-0.2, -0.15) is 0 Å². The number of nitrogens with one attached hydrogen (secondary N) is 1. The molecule has 0 aliphatic heterocycles. The molecule has 1 saturated carbocycles. The second-order valence-electron chi connectivity index (χ2n) is 9.46. The van der Waals surface area contributed by atoms with Crippen LogP contribution in [0, 0.1) is 0 Å². The molecule has 1 aromatic heterocycles. The lowest BCUT2D eigenvalue weighted by molar-refractivity contribution is -0.274. The Labute approximate surface area is 223 Å². The average Bonchev–Trinajstić information content (AvgIpc) is 3.69. The van der Waals surface area contributed by atoms with Crippen molar-refractivity contribution in [3.63, 3.8) is 0 Å². The predicted octanol–water partition coefficient (Wildman–Crippen LogP) is 5.58. The van der Waals surface area contributed by atoms with E-state index in [0.717, 1.165) is 35.3 Å². The number of imidazole rings is 1. The number of carbonyl (C=O) groups excluding carboxylic acids is 1. The molecule has 0 spiro atoms. The molecule has 1 aliphatic rings. The standard InChI is InChI=1S/C28H26F3N3O4S/c1-2-39(36,37)23-12-5-18(6-13-23)16-32-27(35)21-9-14-25-24(15-21)33-26(20-7-8-20)34(25)17-19-3-10-22(11-4-19)38-28(29,30)31/h3-6,9-15,20H,2,7-8,16-17H2,1H3,(H,32,35). The summed E-state index contributed by atoms with van der Waals surface area (Å²) in [6.45, 7) is 2.24. The molecule has 11 heteroatoms. The Bertz CT molecular complexity index is 1610. The van der Waals surface area contributed by atoms with Crippen LogP contribution in [0.4, 0.5) is 13.2 Å². The van der Waals surface area contributed by atoms with Gasteiger partial charge in [-0.25, -0.2) is 13.4 Å². The topological polar surface area (TPSA) is 90.3 Å². The van der Waals surface area contributed by atoms with Crippen LogP contribution >= 0.6 is 0 Å². The van der Waals surface area contributed by atoms with Crippen molar-refractivity contribution in [2.24, 2.45) is 0 Å². The molecule has 7 nitrogen and oxygen atoms in total. The predicted molar refractivity (Wildman–Crippen MR) is 139 cm³/mol. The number of ether oxygens (including phenoxy) is 1. The van der Waals surface area contributed by atoms with Crippen LogP contribution < -0.4 is 10.1 Å². The van der Waals surface area contributed by atoms with E-state index in [1.165, 1.54) is 24.3 Å². The van der Waals surface area contributed by atoms with Gasteiger partial charge >= 0.3 is 6.36 Å². The summed E-state index contributed by atoms with van der Waals surface area (Å²) in [7, 11) is -3.28. The van der Waals surface area contributed by atoms with E-state index in [9.17, 15) is 26.4 Å². The van der Waals surface area contributed by atoms with E-state index >= 15 is 0 Å². The lowest BCUT2D eigenvalue weighted by atomic mass is 10.1. The highest BCUT2D eigenvalue weighted by Crippen LogP contribution is 2.41. The smallest absolute Gasteiger partial charge is 0.406 e. The lowest BCUT2D eigenvalue weighted by Crippen LogP contribution is -2.22. The van der Waals surface area contributed by atoms with Crippen molar-refractivity contribution < 1.29 is 31.1 Å². The van der Waals surface area contributed by atoms with Gasteiger partial charge in [0, 0.05) is 24.6 Å². The fourth-order valence-electron chi connectivity index (χ4n) is 4.35. The number of alkyl halides is 3. The molecule has 4 aromatic rings. The lowest BCUT2D eigenvalue weighted by Gasteiger charge is -2.11. The molecule has 0 bridgehead atoms. The second-order valence-corrected chi connectivity index (χ2v) is 11.7. The summed E-state index contributed by atoms with van der Waals surface area (Å²) < 4.78 is 67.4. The fourth-order valence-corrected chi connectivity index (χ4v) is 5.24. The van der Waals surface area contributed by atoms with Gasteiger partial charge in [0.05, 0.1) is 21.7 Å².